The van der Waals surface area contributed by atoms with Crippen LogP contribution in [0, 0.1) is 0 Å². The summed E-state index contributed by atoms with van der Waals surface area (Å²) in [5, 5.41) is 4.39. The second-order valence-corrected chi connectivity index (χ2v) is 17.6. The molecule has 0 bridgehead atoms. The van der Waals surface area contributed by atoms with E-state index in [-0.39, 0.29) is 0 Å². The number of furan rings is 1. The van der Waals surface area contributed by atoms with Gasteiger partial charge in [-0.3, -0.25) is 0 Å². The van der Waals surface area contributed by atoms with Crippen molar-refractivity contribution in [1.29, 1.82) is 0 Å². The summed E-state index contributed by atoms with van der Waals surface area (Å²) in [5.74, 6) is 0. The molecular weight excluding hydrogens is 811 g/mol. The van der Waals surface area contributed by atoms with Gasteiger partial charge in [-0.05, 0) is 115 Å². The van der Waals surface area contributed by atoms with Gasteiger partial charge in [0, 0.05) is 22.1 Å². The average molecular weight is 854 g/mol. The van der Waals surface area contributed by atoms with Gasteiger partial charge in [-0.25, -0.2) is 0 Å². The monoisotopic (exact) mass is 853 g/mol. The second-order valence-electron chi connectivity index (χ2n) is 17.6. The molecule has 1 aliphatic carbocycles. The highest BCUT2D eigenvalue weighted by Crippen LogP contribution is 2.58. The van der Waals surface area contributed by atoms with Gasteiger partial charge in [-0.2, -0.15) is 0 Å². The molecule has 67 heavy (non-hydrogen) atoms. The van der Waals surface area contributed by atoms with E-state index in [4.69, 9.17) is 4.42 Å². The van der Waals surface area contributed by atoms with Crippen LogP contribution in [0.5, 0.6) is 0 Å². The molecule has 0 fully saturated rings. The Morgan fingerprint density at radius 2 is 0.821 bits per heavy atom. The van der Waals surface area contributed by atoms with Crippen LogP contribution in [0.15, 0.2) is 265 Å². The molecule has 314 valence electrons. The Hall–Kier alpha value is -8.72. The summed E-state index contributed by atoms with van der Waals surface area (Å²) in [6.45, 7) is 0. The van der Waals surface area contributed by atoms with Crippen molar-refractivity contribution in [2.24, 2.45) is 0 Å². The van der Waals surface area contributed by atoms with Gasteiger partial charge in [0.1, 0.15) is 11.2 Å². The van der Waals surface area contributed by atoms with Gasteiger partial charge < -0.3 is 9.32 Å². The van der Waals surface area contributed by atoms with Gasteiger partial charge in [0.15, 0.2) is 0 Å². The Labute approximate surface area is 390 Å². The van der Waals surface area contributed by atoms with E-state index >= 15 is 0 Å². The van der Waals surface area contributed by atoms with Gasteiger partial charge in [-0.15, -0.1) is 0 Å². The highest BCUT2D eigenvalue weighted by atomic mass is 16.3. The average Bonchev–Trinajstić information content (AvgIpc) is 3.94. The summed E-state index contributed by atoms with van der Waals surface area (Å²) in [7, 11) is 0. The molecule has 13 rings (SSSR count). The lowest BCUT2D eigenvalue weighted by Crippen LogP contribution is -2.28. The summed E-state index contributed by atoms with van der Waals surface area (Å²) in [4.78, 5) is 2.47. The van der Waals surface area contributed by atoms with Crippen molar-refractivity contribution in [3.05, 3.63) is 283 Å². The fraction of sp³-hybridized carbons (Fsp3) is 0.0154. The predicted molar refractivity (Wildman–Crippen MR) is 280 cm³/mol. The van der Waals surface area contributed by atoms with Crippen molar-refractivity contribution in [2.45, 2.75) is 5.41 Å². The fourth-order valence-corrected chi connectivity index (χ4v) is 11.0. The molecule has 0 radical (unpaired) electrons. The van der Waals surface area contributed by atoms with Crippen LogP contribution >= 0.6 is 0 Å². The van der Waals surface area contributed by atoms with Crippen molar-refractivity contribution in [3.63, 3.8) is 0 Å². The molecule has 0 amide bonds. The van der Waals surface area contributed by atoms with Crippen molar-refractivity contribution in [1.82, 2.24) is 0 Å². The molecule has 0 saturated heterocycles. The van der Waals surface area contributed by atoms with Crippen LogP contribution in [-0.4, -0.2) is 0 Å². The van der Waals surface area contributed by atoms with Gasteiger partial charge in [0.2, 0.25) is 0 Å². The summed E-state index contributed by atoms with van der Waals surface area (Å²) >= 11 is 0. The van der Waals surface area contributed by atoms with Crippen molar-refractivity contribution < 1.29 is 4.42 Å². The van der Waals surface area contributed by atoms with Gasteiger partial charge in [0.25, 0.3) is 0 Å². The molecule has 1 heterocycles. The molecule has 0 N–H and O–H groups in total. The summed E-state index contributed by atoms with van der Waals surface area (Å²) in [6, 6.07) is 95.0. The minimum atomic E-state index is -0.569. The highest BCUT2D eigenvalue weighted by Gasteiger charge is 2.46. The maximum Gasteiger partial charge on any atom is 0.143 e. The standard InChI is InChI=1S/C65H43NO/c1-6-20-44(21-7-1)46-34-36-51(37-35-46)66(52-38-39-55-54-31-18-19-33-59(54)65(60(55)42-52,49-26-12-4-13-27-49)50-28-14-5-15-29-50)61-40-48(45-22-8-2-9-23-45)41-62-63(61)58-43-57(47-24-10-3-11-25-47)53-30-16-17-32-56(53)64(58)67-62/h1-43H. The first-order chi connectivity index (χ1) is 33.2. The lowest BCUT2D eigenvalue weighted by atomic mass is 9.67. The Balaban J connectivity index is 1.14. The number of benzene rings is 11. The molecule has 0 atom stereocenters. The van der Waals surface area contributed by atoms with E-state index in [1.807, 2.05) is 0 Å². The van der Waals surface area contributed by atoms with Crippen molar-refractivity contribution >= 4 is 49.8 Å². The number of hydrogen-bond donors (Lipinski definition) is 0. The van der Waals surface area contributed by atoms with Gasteiger partial charge in [-0.1, -0.05) is 218 Å². The minimum Gasteiger partial charge on any atom is -0.455 e. The SMILES string of the molecule is c1ccc(-c2ccc(N(c3ccc4c(c3)C(c3ccccc3)(c3ccccc3)c3ccccc3-4)c3cc(-c4ccccc4)cc4oc5c6ccccc6c(-c6ccccc6)cc5c34)cc2)cc1. The zero-order valence-electron chi connectivity index (χ0n) is 36.7. The number of rotatable bonds is 8. The number of anilines is 3. The van der Waals surface area contributed by atoms with Crippen LogP contribution < -0.4 is 4.90 Å². The summed E-state index contributed by atoms with van der Waals surface area (Å²) in [6.07, 6.45) is 0. The summed E-state index contributed by atoms with van der Waals surface area (Å²) < 4.78 is 7.20. The van der Waals surface area contributed by atoms with E-state index in [0.29, 0.717) is 0 Å². The van der Waals surface area contributed by atoms with Crippen molar-refractivity contribution in [2.75, 3.05) is 4.90 Å². The molecule has 0 unspecified atom stereocenters. The fourth-order valence-electron chi connectivity index (χ4n) is 11.0. The Morgan fingerprint density at radius 3 is 1.48 bits per heavy atom. The molecule has 0 aliphatic heterocycles. The molecule has 0 spiro atoms. The van der Waals surface area contributed by atoms with E-state index in [0.717, 1.165) is 66.5 Å². The van der Waals surface area contributed by atoms with Crippen LogP contribution in [0.25, 0.3) is 77.2 Å². The first-order valence-electron chi connectivity index (χ1n) is 23.1. The maximum absolute atomic E-state index is 7.20. The van der Waals surface area contributed by atoms with Crippen LogP contribution in [0.1, 0.15) is 22.3 Å². The second kappa shape index (κ2) is 15.8. The van der Waals surface area contributed by atoms with E-state index in [2.05, 4.69) is 266 Å². The normalized spacial score (nSPS) is 12.6. The van der Waals surface area contributed by atoms with Gasteiger partial charge >= 0.3 is 0 Å². The first-order valence-corrected chi connectivity index (χ1v) is 23.1. The molecular formula is C65H43NO. The topological polar surface area (TPSA) is 16.4 Å². The Bertz CT molecular complexity index is 3730. The lowest BCUT2D eigenvalue weighted by molar-refractivity contribution is 0.673. The third kappa shape index (κ3) is 6.18. The lowest BCUT2D eigenvalue weighted by Gasteiger charge is -2.35. The van der Waals surface area contributed by atoms with E-state index in [1.165, 1.54) is 50.1 Å². The maximum atomic E-state index is 7.20. The van der Waals surface area contributed by atoms with Gasteiger partial charge in [0.05, 0.1) is 16.5 Å². The largest absolute Gasteiger partial charge is 0.455 e. The van der Waals surface area contributed by atoms with E-state index < -0.39 is 5.41 Å². The summed E-state index contributed by atoms with van der Waals surface area (Å²) in [5.41, 5.74) is 18.7. The zero-order valence-corrected chi connectivity index (χ0v) is 36.7. The van der Waals surface area contributed by atoms with Crippen molar-refractivity contribution in [3.8, 4) is 44.5 Å². The quantitative estimate of drug-likeness (QED) is 0.151. The molecule has 2 heteroatoms. The first kappa shape index (κ1) is 38.7. The highest BCUT2D eigenvalue weighted by molar-refractivity contribution is 6.23. The molecule has 1 aliphatic rings. The van der Waals surface area contributed by atoms with E-state index in [9.17, 15) is 0 Å². The van der Waals surface area contributed by atoms with Crippen LogP contribution in [0.3, 0.4) is 0 Å². The number of hydrogen-bond acceptors (Lipinski definition) is 2. The Kier molecular flexibility index (Phi) is 9.11. The third-order valence-corrected chi connectivity index (χ3v) is 13.9. The van der Waals surface area contributed by atoms with E-state index in [1.54, 1.807) is 0 Å². The molecule has 11 aromatic carbocycles. The predicted octanol–water partition coefficient (Wildman–Crippen LogP) is 17.6. The van der Waals surface area contributed by atoms with Crippen LogP contribution in [0.2, 0.25) is 0 Å². The minimum absolute atomic E-state index is 0.569. The number of nitrogens with zero attached hydrogens (tertiary/aromatic N) is 1. The van der Waals surface area contributed by atoms with Crippen LogP contribution in [0.4, 0.5) is 17.1 Å². The van der Waals surface area contributed by atoms with Crippen LogP contribution in [-0.2, 0) is 5.41 Å². The molecule has 2 nitrogen and oxygen atoms in total. The Morgan fingerprint density at radius 1 is 0.313 bits per heavy atom. The molecule has 0 saturated carbocycles. The zero-order chi connectivity index (χ0) is 44.3. The third-order valence-electron chi connectivity index (χ3n) is 13.9. The number of fused-ring (bicyclic) bond motifs is 8. The molecule has 1 aromatic heterocycles. The molecule has 12 aromatic rings. The smallest absolute Gasteiger partial charge is 0.143 e.